The summed E-state index contributed by atoms with van der Waals surface area (Å²) in [6.07, 6.45) is 3.12. The van der Waals surface area contributed by atoms with Crippen LogP contribution in [-0.2, 0) is 0 Å². The zero-order valence-electron chi connectivity index (χ0n) is 12.1. The maximum atomic E-state index is 11.1. The molecule has 1 aliphatic carbocycles. The molecule has 1 aliphatic rings. The van der Waals surface area contributed by atoms with Gasteiger partial charge in [0.15, 0.2) is 0 Å². The van der Waals surface area contributed by atoms with E-state index in [0.717, 1.165) is 25.3 Å². The van der Waals surface area contributed by atoms with Crippen LogP contribution in [0.25, 0.3) is 0 Å². The maximum Gasteiger partial charge on any atom is 0.299 e. The van der Waals surface area contributed by atoms with Crippen LogP contribution in [0.1, 0.15) is 33.1 Å². The Bertz CT molecular complexity index is 561. The topological polar surface area (TPSA) is 98.3 Å². The molecule has 0 saturated heterocycles. The van der Waals surface area contributed by atoms with Crippen molar-refractivity contribution in [1.82, 2.24) is 0 Å². The molecule has 3 atom stereocenters. The Balaban J connectivity index is 2.23. The van der Waals surface area contributed by atoms with Crippen LogP contribution in [0.2, 0.25) is 0 Å². The lowest BCUT2D eigenvalue weighted by molar-refractivity contribution is -0.393. The van der Waals surface area contributed by atoms with Crippen molar-refractivity contribution in [2.45, 2.75) is 39.2 Å². The Morgan fingerprint density at radius 1 is 1.14 bits per heavy atom. The van der Waals surface area contributed by atoms with Crippen LogP contribution in [0, 0.1) is 32.1 Å². The van der Waals surface area contributed by atoms with E-state index in [-0.39, 0.29) is 17.4 Å². The molecule has 0 radical (unpaired) electrons. The summed E-state index contributed by atoms with van der Waals surface area (Å²) in [6, 6.07) is 3.91. The molecular formula is C14H19N3O4. The predicted molar refractivity (Wildman–Crippen MR) is 79.3 cm³/mol. The fraction of sp³-hybridized carbons (Fsp3) is 0.571. The standard InChI is InChI=1S/C14H19N3O4/c1-9-3-5-12(10(2)7-9)15-13-6-4-11(16(18)19)8-14(13)17(20)21/h4,6,8-10,12,15H,3,5,7H2,1-2H3. The molecule has 2 rings (SSSR count). The van der Waals surface area contributed by atoms with Crippen LogP contribution in [0.5, 0.6) is 0 Å². The summed E-state index contributed by atoms with van der Waals surface area (Å²) in [4.78, 5) is 20.6. The zero-order valence-corrected chi connectivity index (χ0v) is 12.1. The third-order valence-electron chi connectivity index (χ3n) is 4.16. The van der Waals surface area contributed by atoms with Gasteiger partial charge in [-0.2, -0.15) is 0 Å². The lowest BCUT2D eigenvalue weighted by Crippen LogP contribution is -2.33. The number of benzene rings is 1. The molecule has 1 N–H and O–H groups in total. The van der Waals surface area contributed by atoms with Gasteiger partial charge in [-0.05, 0) is 37.2 Å². The van der Waals surface area contributed by atoms with Crippen LogP contribution in [0.4, 0.5) is 17.1 Å². The van der Waals surface area contributed by atoms with Crippen LogP contribution in [0.3, 0.4) is 0 Å². The first-order valence-electron chi connectivity index (χ1n) is 7.08. The number of nitrogens with zero attached hydrogens (tertiary/aromatic N) is 2. The lowest BCUT2D eigenvalue weighted by Gasteiger charge is -2.33. The fourth-order valence-electron chi connectivity index (χ4n) is 2.99. The van der Waals surface area contributed by atoms with Crippen molar-refractivity contribution in [1.29, 1.82) is 0 Å². The van der Waals surface area contributed by atoms with Crippen molar-refractivity contribution >= 4 is 17.1 Å². The molecule has 1 aromatic carbocycles. The summed E-state index contributed by atoms with van der Waals surface area (Å²) in [5, 5.41) is 25.0. The first kappa shape index (κ1) is 15.2. The quantitative estimate of drug-likeness (QED) is 0.673. The smallest absolute Gasteiger partial charge is 0.299 e. The van der Waals surface area contributed by atoms with Gasteiger partial charge in [0, 0.05) is 12.1 Å². The fourth-order valence-corrected chi connectivity index (χ4v) is 2.99. The molecule has 0 amide bonds. The van der Waals surface area contributed by atoms with E-state index < -0.39 is 9.85 Å². The zero-order chi connectivity index (χ0) is 15.6. The number of rotatable bonds is 4. The first-order chi connectivity index (χ1) is 9.88. The number of nitro benzene ring substituents is 2. The van der Waals surface area contributed by atoms with E-state index >= 15 is 0 Å². The van der Waals surface area contributed by atoms with Gasteiger partial charge in [-0.15, -0.1) is 0 Å². The molecule has 0 spiro atoms. The molecule has 0 heterocycles. The summed E-state index contributed by atoms with van der Waals surface area (Å²) in [7, 11) is 0. The predicted octanol–water partition coefficient (Wildman–Crippen LogP) is 3.74. The number of hydrogen-bond acceptors (Lipinski definition) is 5. The third-order valence-corrected chi connectivity index (χ3v) is 4.16. The van der Waals surface area contributed by atoms with E-state index in [1.807, 2.05) is 0 Å². The van der Waals surface area contributed by atoms with Crippen LogP contribution in [-0.4, -0.2) is 15.9 Å². The van der Waals surface area contributed by atoms with Gasteiger partial charge in [-0.25, -0.2) is 0 Å². The van der Waals surface area contributed by atoms with E-state index in [9.17, 15) is 20.2 Å². The van der Waals surface area contributed by atoms with Gasteiger partial charge in [0.2, 0.25) is 0 Å². The Labute approximate surface area is 122 Å². The molecule has 0 aromatic heterocycles. The average molecular weight is 293 g/mol. The normalized spacial score (nSPS) is 25.3. The van der Waals surface area contributed by atoms with Gasteiger partial charge >= 0.3 is 0 Å². The molecule has 114 valence electrons. The second-order valence-corrected chi connectivity index (χ2v) is 5.86. The summed E-state index contributed by atoms with van der Waals surface area (Å²) in [5.74, 6) is 1.09. The van der Waals surface area contributed by atoms with Crippen molar-refractivity contribution in [2.24, 2.45) is 11.8 Å². The Morgan fingerprint density at radius 3 is 2.43 bits per heavy atom. The molecule has 3 unspecified atom stereocenters. The molecule has 1 saturated carbocycles. The maximum absolute atomic E-state index is 11.1. The van der Waals surface area contributed by atoms with Gasteiger partial charge < -0.3 is 5.32 Å². The number of nitrogens with one attached hydrogen (secondary N) is 1. The summed E-state index contributed by atoms with van der Waals surface area (Å²) >= 11 is 0. The third kappa shape index (κ3) is 3.48. The van der Waals surface area contributed by atoms with Crippen molar-refractivity contribution < 1.29 is 9.85 Å². The minimum atomic E-state index is -0.623. The SMILES string of the molecule is CC1CCC(Nc2ccc([N+](=O)[O-])cc2[N+](=O)[O-])C(C)C1. The van der Waals surface area contributed by atoms with Gasteiger partial charge in [-0.1, -0.05) is 13.8 Å². The molecule has 0 aliphatic heterocycles. The first-order valence-corrected chi connectivity index (χ1v) is 7.08. The van der Waals surface area contributed by atoms with Gasteiger partial charge in [0.25, 0.3) is 11.4 Å². The van der Waals surface area contributed by atoms with Gasteiger partial charge in [-0.3, -0.25) is 20.2 Å². The van der Waals surface area contributed by atoms with E-state index in [2.05, 4.69) is 19.2 Å². The van der Waals surface area contributed by atoms with Crippen LogP contribution in [0.15, 0.2) is 18.2 Å². The molecule has 7 heteroatoms. The van der Waals surface area contributed by atoms with Crippen LogP contribution < -0.4 is 5.32 Å². The number of nitro groups is 2. The van der Waals surface area contributed by atoms with E-state index in [0.29, 0.717) is 17.5 Å². The molecule has 1 fully saturated rings. The summed E-state index contributed by atoms with van der Waals surface area (Å²) in [6.45, 7) is 4.34. The second kappa shape index (κ2) is 6.07. The Kier molecular flexibility index (Phi) is 4.40. The molecule has 7 nitrogen and oxygen atoms in total. The lowest BCUT2D eigenvalue weighted by atomic mass is 9.80. The van der Waals surface area contributed by atoms with E-state index in [4.69, 9.17) is 0 Å². The summed E-state index contributed by atoms with van der Waals surface area (Å²) < 4.78 is 0. The van der Waals surface area contributed by atoms with Crippen molar-refractivity contribution in [3.8, 4) is 0 Å². The number of non-ortho nitro benzene ring substituents is 1. The molecular weight excluding hydrogens is 274 g/mol. The average Bonchev–Trinajstić information content (AvgIpc) is 2.41. The number of anilines is 1. The highest BCUT2D eigenvalue weighted by molar-refractivity contribution is 5.65. The van der Waals surface area contributed by atoms with Crippen molar-refractivity contribution in [3.63, 3.8) is 0 Å². The van der Waals surface area contributed by atoms with Gasteiger partial charge in [0.1, 0.15) is 5.69 Å². The van der Waals surface area contributed by atoms with E-state index in [1.54, 1.807) is 0 Å². The van der Waals surface area contributed by atoms with E-state index in [1.165, 1.54) is 12.1 Å². The molecule has 21 heavy (non-hydrogen) atoms. The van der Waals surface area contributed by atoms with Gasteiger partial charge in [0.05, 0.1) is 15.9 Å². The van der Waals surface area contributed by atoms with Crippen LogP contribution >= 0.6 is 0 Å². The van der Waals surface area contributed by atoms with Crippen molar-refractivity contribution in [2.75, 3.05) is 5.32 Å². The number of hydrogen-bond donors (Lipinski definition) is 1. The molecule has 1 aromatic rings. The highest BCUT2D eigenvalue weighted by Crippen LogP contribution is 2.34. The second-order valence-electron chi connectivity index (χ2n) is 5.86. The minimum Gasteiger partial charge on any atom is -0.376 e. The van der Waals surface area contributed by atoms with Crippen molar-refractivity contribution in [3.05, 3.63) is 38.4 Å². The minimum absolute atomic E-state index is 0.168. The molecule has 0 bridgehead atoms. The Hall–Kier alpha value is -2.18. The largest absolute Gasteiger partial charge is 0.376 e. The summed E-state index contributed by atoms with van der Waals surface area (Å²) in [5.41, 5.74) is -0.149. The highest BCUT2D eigenvalue weighted by atomic mass is 16.6. The highest BCUT2D eigenvalue weighted by Gasteiger charge is 2.28. The monoisotopic (exact) mass is 293 g/mol. The Morgan fingerprint density at radius 2 is 1.86 bits per heavy atom.